The van der Waals surface area contributed by atoms with E-state index in [-0.39, 0.29) is 17.3 Å². The number of aliphatic hydroxyl groups is 1. The minimum Gasteiger partial charge on any atom is -0.390 e. The van der Waals surface area contributed by atoms with Gasteiger partial charge in [-0.1, -0.05) is 19.3 Å². The van der Waals surface area contributed by atoms with Crippen molar-refractivity contribution in [2.45, 2.75) is 75.6 Å². The van der Waals surface area contributed by atoms with Crippen molar-refractivity contribution in [1.29, 1.82) is 0 Å². The summed E-state index contributed by atoms with van der Waals surface area (Å²) in [4.78, 5) is 0. The van der Waals surface area contributed by atoms with E-state index in [0.717, 1.165) is 44.5 Å². The first kappa shape index (κ1) is 16.1. The van der Waals surface area contributed by atoms with E-state index in [1.807, 2.05) is 11.8 Å². The van der Waals surface area contributed by atoms with E-state index >= 15 is 0 Å². The summed E-state index contributed by atoms with van der Waals surface area (Å²) in [5.41, 5.74) is -0.224. The van der Waals surface area contributed by atoms with Crippen LogP contribution in [0, 0.1) is 5.92 Å². The van der Waals surface area contributed by atoms with Crippen LogP contribution in [0.4, 0.5) is 0 Å². The SMILES string of the molecule is CCOC1(C(O)C2CCOC3(CCSC3)C2)CCCCC1. The Hall–Kier alpha value is 0.230. The van der Waals surface area contributed by atoms with Gasteiger partial charge in [-0.15, -0.1) is 0 Å². The van der Waals surface area contributed by atoms with Crippen LogP contribution in [0.5, 0.6) is 0 Å². The van der Waals surface area contributed by atoms with Gasteiger partial charge >= 0.3 is 0 Å². The zero-order chi connectivity index (χ0) is 14.8. The van der Waals surface area contributed by atoms with Gasteiger partial charge in [0.1, 0.15) is 0 Å². The average molecular weight is 314 g/mol. The van der Waals surface area contributed by atoms with Crippen molar-refractivity contribution in [2.75, 3.05) is 24.7 Å². The lowest BCUT2D eigenvalue weighted by atomic mass is 9.71. The predicted molar refractivity (Wildman–Crippen MR) is 86.8 cm³/mol. The molecule has 2 saturated heterocycles. The topological polar surface area (TPSA) is 38.7 Å². The zero-order valence-corrected chi connectivity index (χ0v) is 14.1. The molecule has 3 aliphatic rings. The van der Waals surface area contributed by atoms with Gasteiger partial charge in [0.2, 0.25) is 0 Å². The molecule has 0 radical (unpaired) electrons. The normalized spacial score (nSPS) is 37.7. The molecule has 1 aliphatic carbocycles. The Morgan fingerprint density at radius 3 is 2.76 bits per heavy atom. The van der Waals surface area contributed by atoms with Crippen molar-refractivity contribution in [3.63, 3.8) is 0 Å². The highest BCUT2D eigenvalue weighted by Crippen LogP contribution is 2.45. The van der Waals surface area contributed by atoms with E-state index in [2.05, 4.69) is 6.92 Å². The van der Waals surface area contributed by atoms with Gasteiger partial charge < -0.3 is 14.6 Å². The molecule has 2 heterocycles. The monoisotopic (exact) mass is 314 g/mol. The molecule has 0 aromatic rings. The highest BCUT2D eigenvalue weighted by molar-refractivity contribution is 7.99. The Morgan fingerprint density at radius 2 is 2.10 bits per heavy atom. The molecule has 3 unspecified atom stereocenters. The van der Waals surface area contributed by atoms with Crippen LogP contribution < -0.4 is 0 Å². The van der Waals surface area contributed by atoms with E-state index < -0.39 is 0 Å². The van der Waals surface area contributed by atoms with Crippen molar-refractivity contribution in [3.05, 3.63) is 0 Å². The van der Waals surface area contributed by atoms with E-state index in [1.54, 1.807) is 0 Å². The first-order chi connectivity index (χ1) is 10.2. The molecule has 3 atom stereocenters. The molecule has 21 heavy (non-hydrogen) atoms. The van der Waals surface area contributed by atoms with Crippen LogP contribution in [0.25, 0.3) is 0 Å². The van der Waals surface area contributed by atoms with Crippen molar-refractivity contribution in [1.82, 2.24) is 0 Å². The first-order valence-corrected chi connectivity index (χ1v) is 9.89. The highest BCUT2D eigenvalue weighted by atomic mass is 32.2. The van der Waals surface area contributed by atoms with Gasteiger partial charge in [-0.25, -0.2) is 0 Å². The standard InChI is InChI=1S/C17H30O3S/c1-2-19-17(7-4-3-5-8-17)15(18)14-6-10-20-16(12-14)9-11-21-13-16/h14-15,18H,2-13H2,1H3. The average Bonchev–Trinajstić information content (AvgIpc) is 2.95. The number of ether oxygens (including phenoxy) is 2. The minimum atomic E-state index is -0.316. The fraction of sp³-hybridized carbons (Fsp3) is 1.00. The molecule has 3 rings (SSSR count). The number of aliphatic hydroxyl groups excluding tert-OH is 1. The van der Waals surface area contributed by atoms with E-state index in [0.29, 0.717) is 12.5 Å². The molecule has 1 spiro atoms. The van der Waals surface area contributed by atoms with Gasteiger partial charge in [0, 0.05) is 19.0 Å². The van der Waals surface area contributed by atoms with Crippen molar-refractivity contribution in [3.8, 4) is 0 Å². The summed E-state index contributed by atoms with van der Waals surface area (Å²) in [6.45, 7) is 3.58. The summed E-state index contributed by atoms with van der Waals surface area (Å²) in [6.07, 6.45) is 8.59. The third kappa shape index (κ3) is 3.29. The second-order valence-corrected chi connectivity index (χ2v) is 8.20. The molecule has 1 saturated carbocycles. The number of hydrogen-bond donors (Lipinski definition) is 1. The molecule has 4 heteroatoms. The third-order valence-corrected chi connectivity index (χ3v) is 6.94. The fourth-order valence-electron chi connectivity index (χ4n) is 4.59. The molecule has 122 valence electrons. The van der Waals surface area contributed by atoms with Crippen LogP contribution in [0.3, 0.4) is 0 Å². The lowest BCUT2D eigenvalue weighted by molar-refractivity contribution is -0.182. The second kappa shape index (κ2) is 6.77. The maximum atomic E-state index is 11.1. The summed E-state index contributed by atoms with van der Waals surface area (Å²) in [5.74, 6) is 2.67. The number of rotatable bonds is 4. The number of thioether (sulfide) groups is 1. The van der Waals surface area contributed by atoms with E-state index in [9.17, 15) is 5.11 Å². The quantitative estimate of drug-likeness (QED) is 0.863. The van der Waals surface area contributed by atoms with Crippen LogP contribution in [0.2, 0.25) is 0 Å². The lowest BCUT2D eigenvalue weighted by Gasteiger charge is -2.47. The number of hydrogen-bond acceptors (Lipinski definition) is 4. The smallest absolute Gasteiger partial charge is 0.0942 e. The predicted octanol–water partition coefficient (Wildman–Crippen LogP) is 3.39. The van der Waals surface area contributed by atoms with Crippen LogP contribution in [0.1, 0.15) is 58.3 Å². The molecule has 3 nitrogen and oxygen atoms in total. The van der Waals surface area contributed by atoms with Crippen LogP contribution in [0.15, 0.2) is 0 Å². The molecule has 0 bridgehead atoms. The van der Waals surface area contributed by atoms with Crippen molar-refractivity contribution >= 4 is 11.8 Å². The van der Waals surface area contributed by atoms with Gasteiger partial charge in [0.25, 0.3) is 0 Å². The Bertz CT molecular complexity index is 329. The van der Waals surface area contributed by atoms with E-state index in [1.165, 1.54) is 25.0 Å². The summed E-state index contributed by atoms with van der Waals surface area (Å²) >= 11 is 2.00. The molecular weight excluding hydrogens is 284 g/mol. The maximum absolute atomic E-state index is 11.1. The van der Waals surface area contributed by atoms with Gasteiger partial charge in [0.15, 0.2) is 0 Å². The lowest BCUT2D eigenvalue weighted by Crippen LogP contribution is -2.53. The summed E-state index contributed by atoms with van der Waals surface area (Å²) in [6, 6.07) is 0. The molecule has 3 fully saturated rings. The molecule has 0 amide bonds. The summed E-state index contributed by atoms with van der Waals surface area (Å²) in [7, 11) is 0. The largest absolute Gasteiger partial charge is 0.390 e. The van der Waals surface area contributed by atoms with E-state index in [4.69, 9.17) is 9.47 Å². The fourth-order valence-corrected chi connectivity index (χ4v) is 5.97. The van der Waals surface area contributed by atoms with Gasteiger partial charge in [-0.3, -0.25) is 0 Å². The molecule has 1 N–H and O–H groups in total. The van der Waals surface area contributed by atoms with Gasteiger partial charge in [-0.2, -0.15) is 11.8 Å². The van der Waals surface area contributed by atoms with Gasteiger partial charge in [0.05, 0.1) is 17.3 Å². The second-order valence-electron chi connectivity index (χ2n) is 7.09. The van der Waals surface area contributed by atoms with Crippen LogP contribution in [-0.2, 0) is 9.47 Å². The molecule has 2 aliphatic heterocycles. The Morgan fingerprint density at radius 1 is 1.29 bits per heavy atom. The Kier molecular flexibility index (Phi) is 5.19. The molecule has 0 aromatic heterocycles. The van der Waals surface area contributed by atoms with Crippen LogP contribution >= 0.6 is 11.8 Å². The van der Waals surface area contributed by atoms with Gasteiger partial charge in [-0.05, 0) is 50.7 Å². The van der Waals surface area contributed by atoms with Crippen molar-refractivity contribution < 1.29 is 14.6 Å². The Balaban J connectivity index is 1.71. The van der Waals surface area contributed by atoms with Crippen molar-refractivity contribution in [2.24, 2.45) is 5.92 Å². The minimum absolute atomic E-state index is 0.0522. The molecular formula is C17H30O3S. The highest BCUT2D eigenvalue weighted by Gasteiger charge is 2.48. The first-order valence-electron chi connectivity index (χ1n) is 8.73. The Labute approximate surface area is 133 Å². The maximum Gasteiger partial charge on any atom is 0.0942 e. The van der Waals surface area contributed by atoms with Crippen LogP contribution in [-0.4, -0.2) is 47.1 Å². The summed E-state index contributed by atoms with van der Waals surface area (Å²) < 4.78 is 12.3. The molecule has 0 aromatic carbocycles. The third-order valence-electron chi connectivity index (χ3n) is 5.72. The summed E-state index contributed by atoms with van der Waals surface area (Å²) in [5, 5.41) is 11.1. The zero-order valence-electron chi connectivity index (χ0n) is 13.3.